The van der Waals surface area contributed by atoms with Crippen molar-refractivity contribution in [3.63, 3.8) is 0 Å². The van der Waals surface area contributed by atoms with Gasteiger partial charge in [-0.15, -0.1) is 0 Å². The Kier molecular flexibility index (Phi) is 6.17. The van der Waals surface area contributed by atoms with Crippen LogP contribution in [0.5, 0.6) is 0 Å². The fourth-order valence-corrected chi connectivity index (χ4v) is 4.56. The van der Waals surface area contributed by atoms with Gasteiger partial charge in [-0.05, 0) is 72.4 Å². The van der Waals surface area contributed by atoms with E-state index >= 15 is 0 Å². The van der Waals surface area contributed by atoms with E-state index in [2.05, 4.69) is 15.3 Å². The first-order valence-corrected chi connectivity index (χ1v) is 11.4. The summed E-state index contributed by atoms with van der Waals surface area (Å²) < 4.78 is 6.22. The maximum Gasteiger partial charge on any atom is 0.335 e. The van der Waals surface area contributed by atoms with E-state index < -0.39 is 11.9 Å². The van der Waals surface area contributed by atoms with Crippen molar-refractivity contribution in [2.75, 3.05) is 0 Å². The van der Waals surface area contributed by atoms with Crippen LogP contribution in [0.15, 0.2) is 83.7 Å². The molecule has 3 aromatic heterocycles. The van der Waals surface area contributed by atoms with E-state index in [-0.39, 0.29) is 23.2 Å². The molecule has 0 bridgehead atoms. The average molecular weight is 501 g/mol. The van der Waals surface area contributed by atoms with Crippen LogP contribution in [0.4, 0.5) is 0 Å². The van der Waals surface area contributed by atoms with E-state index in [4.69, 9.17) is 16.6 Å². The quantitative estimate of drug-likeness (QED) is 0.316. The molecule has 0 unspecified atom stereocenters. The Balaban J connectivity index is 1.56. The molecule has 1 saturated heterocycles. The van der Waals surface area contributed by atoms with Crippen LogP contribution in [0.25, 0.3) is 11.3 Å². The molecule has 36 heavy (non-hydrogen) atoms. The van der Waals surface area contributed by atoms with Gasteiger partial charge in [0.25, 0.3) is 0 Å². The normalized spacial score (nSPS) is 17.1. The summed E-state index contributed by atoms with van der Waals surface area (Å²) in [6, 6.07) is 16.2. The van der Waals surface area contributed by atoms with Crippen LogP contribution >= 0.6 is 12.2 Å². The number of rotatable bonds is 7. The van der Waals surface area contributed by atoms with Gasteiger partial charge >= 0.3 is 11.9 Å². The first kappa shape index (κ1) is 23.2. The van der Waals surface area contributed by atoms with Crippen LogP contribution in [0, 0.1) is 0 Å². The largest absolute Gasteiger partial charge is 0.478 e. The summed E-state index contributed by atoms with van der Waals surface area (Å²) in [5.74, 6) is -1.54. The molecule has 10 heteroatoms. The SMILES string of the molecule is O=C(O)c1cc(C(=O)O)cc(-c2ccc([C@H]3[C@H](c4ccccn4)NC(=S)N3Cc3ccncc3)o2)c1. The zero-order valence-corrected chi connectivity index (χ0v) is 19.6. The van der Waals surface area contributed by atoms with Gasteiger partial charge in [0.1, 0.15) is 17.6 Å². The molecule has 2 atom stereocenters. The van der Waals surface area contributed by atoms with Gasteiger partial charge in [-0.1, -0.05) is 6.07 Å². The van der Waals surface area contributed by atoms with E-state index in [0.717, 1.165) is 17.3 Å². The Morgan fingerprint density at radius 1 is 0.972 bits per heavy atom. The summed E-state index contributed by atoms with van der Waals surface area (Å²) in [7, 11) is 0. The molecule has 0 radical (unpaired) electrons. The minimum atomic E-state index is -1.23. The van der Waals surface area contributed by atoms with Crippen molar-refractivity contribution in [1.82, 2.24) is 20.2 Å². The summed E-state index contributed by atoms with van der Waals surface area (Å²) in [5.41, 5.74) is 1.85. The van der Waals surface area contributed by atoms with Crippen LogP contribution in [0.1, 0.15) is 49.8 Å². The molecule has 1 aromatic carbocycles. The number of carboxylic acids is 2. The van der Waals surface area contributed by atoms with Gasteiger partial charge in [0.05, 0.1) is 22.9 Å². The minimum Gasteiger partial charge on any atom is -0.478 e. The number of pyridine rings is 2. The lowest BCUT2D eigenvalue weighted by Gasteiger charge is -2.26. The van der Waals surface area contributed by atoms with Crippen LogP contribution in [0.3, 0.4) is 0 Å². The second-order valence-electron chi connectivity index (χ2n) is 8.22. The molecule has 5 rings (SSSR count). The number of nitrogens with one attached hydrogen (secondary N) is 1. The molecule has 0 aliphatic carbocycles. The van der Waals surface area contributed by atoms with Gasteiger partial charge < -0.3 is 24.8 Å². The van der Waals surface area contributed by atoms with Crippen molar-refractivity contribution >= 4 is 29.3 Å². The van der Waals surface area contributed by atoms with Gasteiger partial charge in [0.15, 0.2) is 5.11 Å². The Morgan fingerprint density at radius 3 is 2.33 bits per heavy atom. The second kappa shape index (κ2) is 9.59. The number of hydrogen-bond acceptors (Lipinski definition) is 6. The van der Waals surface area contributed by atoms with Crippen molar-refractivity contribution in [1.29, 1.82) is 0 Å². The van der Waals surface area contributed by atoms with Gasteiger partial charge in [-0.3, -0.25) is 9.97 Å². The van der Waals surface area contributed by atoms with Gasteiger partial charge in [-0.2, -0.15) is 0 Å². The summed E-state index contributed by atoms with van der Waals surface area (Å²) in [6.07, 6.45) is 5.14. The number of aromatic carboxylic acids is 2. The molecule has 180 valence electrons. The maximum absolute atomic E-state index is 11.6. The summed E-state index contributed by atoms with van der Waals surface area (Å²) in [6.45, 7) is 0.496. The third kappa shape index (κ3) is 4.53. The molecule has 3 N–H and O–H groups in total. The predicted octanol–water partition coefficient (Wildman–Crippen LogP) is 4.31. The standard InChI is InChI=1S/C26H20N4O5S/c31-24(32)17-11-16(12-18(13-17)25(33)34)20-4-5-21(35-20)23-22(19-3-1-2-8-28-19)29-26(36)30(23)14-15-6-9-27-10-7-15/h1-13,22-23H,14H2,(H,29,36)(H,31,32)(H,33,34)/t22-,23-/m0/s1. The maximum atomic E-state index is 11.6. The van der Waals surface area contributed by atoms with Crippen molar-refractivity contribution in [2.24, 2.45) is 0 Å². The Morgan fingerprint density at radius 2 is 1.69 bits per heavy atom. The highest BCUT2D eigenvalue weighted by Crippen LogP contribution is 2.41. The van der Waals surface area contributed by atoms with Crippen LogP contribution < -0.4 is 5.32 Å². The van der Waals surface area contributed by atoms with Crippen LogP contribution in [-0.4, -0.2) is 42.1 Å². The van der Waals surface area contributed by atoms with Crippen molar-refractivity contribution in [3.8, 4) is 11.3 Å². The van der Waals surface area contributed by atoms with E-state index in [1.165, 1.54) is 12.1 Å². The van der Waals surface area contributed by atoms with Crippen LogP contribution in [0.2, 0.25) is 0 Å². The molecule has 4 aromatic rings. The lowest BCUT2D eigenvalue weighted by Crippen LogP contribution is -2.29. The highest BCUT2D eigenvalue weighted by Gasteiger charge is 2.41. The number of nitrogens with zero attached hydrogens (tertiary/aromatic N) is 3. The molecular formula is C26H20N4O5S. The fourth-order valence-electron chi connectivity index (χ4n) is 4.25. The zero-order valence-electron chi connectivity index (χ0n) is 18.7. The van der Waals surface area contributed by atoms with Gasteiger partial charge in [-0.25, -0.2) is 9.59 Å². The summed E-state index contributed by atoms with van der Waals surface area (Å²) in [5, 5.41) is 22.8. The van der Waals surface area contributed by atoms with Gasteiger partial charge in [0.2, 0.25) is 0 Å². The number of furan rings is 1. The van der Waals surface area contributed by atoms with E-state index in [1.807, 2.05) is 35.2 Å². The highest BCUT2D eigenvalue weighted by molar-refractivity contribution is 7.80. The topological polar surface area (TPSA) is 129 Å². The molecule has 1 aliphatic heterocycles. The Bertz CT molecular complexity index is 1410. The van der Waals surface area contributed by atoms with E-state index in [0.29, 0.717) is 28.7 Å². The van der Waals surface area contributed by atoms with Crippen LogP contribution in [-0.2, 0) is 6.54 Å². The number of aromatic nitrogens is 2. The fraction of sp³-hybridized carbons (Fsp3) is 0.115. The monoisotopic (exact) mass is 500 g/mol. The number of hydrogen-bond donors (Lipinski definition) is 3. The number of benzene rings is 1. The van der Waals surface area contributed by atoms with Crippen molar-refractivity contribution in [2.45, 2.75) is 18.6 Å². The number of carboxylic acid groups (broad SMARTS) is 2. The summed E-state index contributed by atoms with van der Waals surface area (Å²) >= 11 is 5.68. The molecule has 1 aliphatic rings. The first-order valence-electron chi connectivity index (χ1n) is 11.0. The Labute approximate surface area is 211 Å². The molecule has 0 amide bonds. The van der Waals surface area contributed by atoms with Crippen molar-refractivity contribution < 1.29 is 24.2 Å². The van der Waals surface area contributed by atoms with Crippen molar-refractivity contribution in [3.05, 3.63) is 107 Å². The van der Waals surface area contributed by atoms with E-state index in [9.17, 15) is 19.8 Å². The molecule has 1 fully saturated rings. The highest BCUT2D eigenvalue weighted by atomic mass is 32.1. The summed E-state index contributed by atoms with van der Waals surface area (Å²) in [4.78, 5) is 33.7. The minimum absolute atomic E-state index is 0.141. The average Bonchev–Trinajstić information content (AvgIpc) is 3.50. The van der Waals surface area contributed by atoms with E-state index in [1.54, 1.807) is 30.7 Å². The molecule has 9 nitrogen and oxygen atoms in total. The third-order valence-corrected chi connectivity index (χ3v) is 6.28. The zero-order chi connectivity index (χ0) is 25.2. The molecule has 0 spiro atoms. The van der Waals surface area contributed by atoms with Gasteiger partial charge in [0, 0.05) is 30.7 Å². The lowest BCUT2D eigenvalue weighted by molar-refractivity contribution is 0.0696. The molecular weight excluding hydrogens is 480 g/mol. The number of carbonyl (C=O) groups is 2. The Hall–Kier alpha value is -4.57. The first-order chi connectivity index (χ1) is 17.4. The smallest absolute Gasteiger partial charge is 0.335 e. The molecule has 4 heterocycles. The third-order valence-electron chi connectivity index (χ3n) is 5.93. The number of thiocarbonyl (C=S) groups is 1. The predicted molar refractivity (Wildman–Crippen MR) is 133 cm³/mol. The molecule has 0 saturated carbocycles. The lowest BCUT2D eigenvalue weighted by atomic mass is 10.0. The second-order valence-corrected chi connectivity index (χ2v) is 8.61.